The molecule has 0 radical (unpaired) electrons. The van der Waals surface area contributed by atoms with Crippen molar-refractivity contribution < 1.29 is 14.3 Å². The fraction of sp³-hybridized carbons (Fsp3) is 0.211. The second kappa shape index (κ2) is 6.69. The smallest absolute Gasteiger partial charge is 0.259 e. The fourth-order valence-electron chi connectivity index (χ4n) is 2.86. The van der Waals surface area contributed by atoms with Gasteiger partial charge in [0.1, 0.15) is 11.5 Å². The number of carbonyl (C=O) groups excluding carboxylic acids is 1. The van der Waals surface area contributed by atoms with Gasteiger partial charge in [-0.1, -0.05) is 6.58 Å². The molecule has 4 nitrogen and oxygen atoms in total. The van der Waals surface area contributed by atoms with E-state index >= 15 is 0 Å². The Balaban J connectivity index is 1.93. The van der Waals surface area contributed by atoms with Crippen LogP contribution in [0.5, 0.6) is 11.5 Å². The van der Waals surface area contributed by atoms with Gasteiger partial charge in [-0.25, -0.2) is 0 Å². The number of benzene rings is 2. The van der Waals surface area contributed by atoms with Crippen LogP contribution in [0, 0.1) is 0 Å². The molecule has 0 N–H and O–H groups in total. The Morgan fingerprint density at radius 2 is 1.79 bits per heavy atom. The number of carbonyl (C=O) groups is 1. The zero-order valence-electron chi connectivity index (χ0n) is 13.6. The van der Waals surface area contributed by atoms with Crippen LogP contribution in [-0.2, 0) is 6.42 Å². The molecule has 1 amide bonds. The number of nitrogens with zero attached hydrogens (tertiary/aromatic N) is 1. The van der Waals surface area contributed by atoms with Crippen LogP contribution < -0.4 is 9.47 Å². The van der Waals surface area contributed by atoms with Gasteiger partial charge in [-0.3, -0.25) is 4.79 Å². The Morgan fingerprint density at radius 3 is 2.50 bits per heavy atom. The molecule has 0 atom stereocenters. The number of ether oxygens (including phenoxy) is 2. The van der Waals surface area contributed by atoms with Crippen LogP contribution in [0.4, 0.5) is 0 Å². The fourth-order valence-corrected chi connectivity index (χ4v) is 3.28. The van der Waals surface area contributed by atoms with Gasteiger partial charge in [-0.05, 0) is 64.3 Å². The first-order valence-electron chi connectivity index (χ1n) is 7.56. The van der Waals surface area contributed by atoms with E-state index in [9.17, 15) is 4.79 Å². The molecular formula is C19H18BrNO3. The van der Waals surface area contributed by atoms with Gasteiger partial charge < -0.3 is 14.4 Å². The second-order valence-corrected chi connectivity index (χ2v) is 6.38. The Hall–Kier alpha value is -2.27. The largest absolute Gasteiger partial charge is 0.497 e. The van der Waals surface area contributed by atoms with Gasteiger partial charge in [0, 0.05) is 22.3 Å². The molecule has 0 aliphatic carbocycles. The lowest BCUT2D eigenvalue weighted by molar-refractivity contribution is 0.0832. The van der Waals surface area contributed by atoms with Crippen molar-refractivity contribution in [3.8, 4) is 11.5 Å². The van der Waals surface area contributed by atoms with Crippen molar-refractivity contribution in [1.82, 2.24) is 4.90 Å². The number of methoxy groups -OCH3 is 2. The van der Waals surface area contributed by atoms with E-state index in [1.54, 1.807) is 25.2 Å². The number of rotatable bonds is 3. The van der Waals surface area contributed by atoms with Crippen molar-refractivity contribution in [3.05, 3.63) is 64.1 Å². The standard InChI is InChI=1S/C19H18BrNO3/c1-12-16-6-4-14(23-2)10-13(16)8-9-21(12)19(22)17-11-15(24-3)5-7-18(17)20/h4-7,10-11H,1,8-9H2,2-3H3. The Morgan fingerprint density at radius 1 is 1.12 bits per heavy atom. The van der Waals surface area contributed by atoms with E-state index in [1.807, 2.05) is 30.3 Å². The summed E-state index contributed by atoms with van der Waals surface area (Å²) in [5, 5.41) is 0. The first-order valence-corrected chi connectivity index (χ1v) is 8.36. The van der Waals surface area contributed by atoms with Gasteiger partial charge in [0.15, 0.2) is 0 Å². The molecule has 5 heteroatoms. The average molecular weight is 388 g/mol. The molecule has 1 aliphatic heterocycles. The Kier molecular flexibility index (Phi) is 4.62. The van der Waals surface area contributed by atoms with Gasteiger partial charge in [-0.2, -0.15) is 0 Å². The Bertz CT molecular complexity index is 816. The van der Waals surface area contributed by atoms with Crippen molar-refractivity contribution in [1.29, 1.82) is 0 Å². The number of fused-ring (bicyclic) bond motifs is 1. The van der Waals surface area contributed by atoms with Crippen LogP contribution in [0.3, 0.4) is 0 Å². The summed E-state index contributed by atoms with van der Waals surface area (Å²) in [5.74, 6) is 1.37. The molecule has 124 valence electrons. The van der Waals surface area contributed by atoms with Crippen LogP contribution in [-0.4, -0.2) is 31.6 Å². The summed E-state index contributed by atoms with van der Waals surface area (Å²) in [4.78, 5) is 14.7. The van der Waals surface area contributed by atoms with E-state index in [0.29, 0.717) is 23.6 Å². The summed E-state index contributed by atoms with van der Waals surface area (Å²) in [7, 11) is 3.23. The highest BCUT2D eigenvalue weighted by Gasteiger charge is 2.27. The molecule has 0 fully saturated rings. The van der Waals surface area contributed by atoms with Crippen molar-refractivity contribution in [2.24, 2.45) is 0 Å². The zero-order valence-corrected chi connectivity index (χ0v) is 15.2. The van der Waals surface area contributed by atoms with Gasteiger partial charge >= 0.3 is 0 Å². The molecule has 1 aliphatic rings. The van der Waals surface area contributed by atoms with Crippen LogP contribution in [0.15, 0.2) is 47.4 Å². The minimum absolute atomic E-state index is 0.0905. The van der Waals surface area contributed by atoms with Crippen molar-refractivity contribution >= 4 is 27.5 Å². The second-order valence-electron chi connectivity index (χ2n) is 5.52. The lowest BCUT2D eigenvalue weighted by atomic mass is 9.96. The maximum absolute atomic E-state index is 13.0. The third kappa shape index (κ3) is 2.91. The predicted molar refractivity (Wildman–Crippen MR) is 97.5 cm³/mol. The lowest BCUT2D eigenvalue weighted by Gasteiger charge is -2.31. The van der Waals surface area contributed by atoms with Gasteiger partial charge in [0.2, 0.25) is 0 Å². The van der Waals surface area contributed by atoms with Gasteiger partial charge in [0.25, 0.3) is 5.91 Å². The summed E-state index contributed by atoms with van der Waals surface area (Å²) in [6.45, 7) is 4.71. The highest BCUT2D eigenvalue weighted by atomic mass is 79.9. The van der Waals surface area contributed by atoms with E-state index in [4.69, 9.17) is 9.47 Å². The molecule has 3 rings (SSSR count). The predicted octanol–water partition coefficient (Wildman–Crippen LogP) is 4.14. The highest BCUT2D eigenvalue weighted by Crippen LogP contribution is 2.33. The summed E-state index contributed by atoms with van der Waals surface area (Å²) in [6.07, 6.45) is 0.763. The number of hydrogen-bond donors (Lipinski definition) is 0. The van der Waals surface area contributed by atoms with Crippen molar-refractivity contribution in [2.45, 2.75) is 6.42 Å². The molecular weight excluding hydrogens is 370 g/mol. The number of halogens is 1. The topological polar surface area (TPSA) is 38.8 Å². The van der Waals surface area contributed by atoms with E-state index in [2.05, 4.69) is 22.5 Å². The third-order valence-corrected chi connectivity index (χ3v) is 4.89. The first-order chi connectivity index (χ1) is 11.5. The van der Waals surface area contributed by atoms with Crippen molar-refractivity contribution in [2.75, 3.05) is 20.8 Å². The quantitative estimate of drug-likeness (QED) is 0.794. The zero-order chi connectivity index (χ0) is 17.3. The first kappa shape index (κ1) is 16.6. The summed E-state index contributed by atoms with van der Waals surface area (Å²) in [6, 6.07) is 11.2. The number of hydrogen-bond acceptors (Lipinski definition) is 3. The molecule has 0 saturated heterocycles. The molecule has 0 saturated carbocycles. The van der Waals surface area contributed by atoms with E-state index < -0.39 is 0 Å². The molecule has 1 heterocycles. The SMILES string of the molecule is C=C1c2ccc(OC)cc2CCN1C(=O)c1cc(OC)ccc1Br. The molecule has 0 aromatic heterocycles. The van der Waals surface area contributed by atoms with E-state index in [1.165, 1.54) is 0 Å². The van der Waals surface area contributed by atoms with E-state index in [-0.39, 0.29) is 5.91 Å². The molecule has 0 bridgehead atoms. The monoisotopic (exact) mass is 387 g/mol. The van der Waals surface area contributed by atoms with Crippen LogP contribution in [0.2, 0.25) is 0 Å². The molecule has 24 heavy (non-hydrogen) atoms. The maximum Gasteiger partial charge on any atom is 0.259 e. The van der Waals surface area contributed by atoms with Crippen LogP contribution >= 0.6 is 15.9 Å². The van der Waals surface area contributed by atoms with Gasteiger partial charge in [-0.15, -0.1) is 0 Å². The Labute approximate surface area is 149 Å². The molecule has 0 spiro atoms. The molecule has 2 aromatic rings. The van der Waals surface area contributed by atoms with Crippen LogP contribution in [0.1, 0.15) is 21.5 Å². The summed E-state index contributed by atoms with van der Waals surface area (Å²) < 4.78 is 11.2. The molecule has 0 unspecified atom stereocenters. The van der Waals surface area contributed by atoms with Crippen LogP contribution in [0.25, 0.3) is 5.70 Å². The van der Waals surface area contributed by atoms with Gasteiger partial charge in [0.05, 0.1) is 19.8 Å². The lowest BCUT2D eigenvalue weighted by Crippen LogP contribution is -2.34. The third-order valence-electron chi connectivity index (χ3n) is 4.20. The normalized spacial score (nSPS) is 13.5. The summed E-state index contributed by atoms with van der Waals surface area (Å²) >= 11 is 3.45. The molecule has 2 aromatic carbocycles. The highest BCUT2D eigenvalue weighted by molar-refractivity contribution is 9.10. The minimum Gasteiger partial charge on any atom is -0.497 e. The van der Waals surface area contributed by atoms with E-state index in [0.717, 1.165) is 27.8 Å². The number of amides is 1. The summed E-state index contributed by atoms with van der Waals surface area (Å²) in [5.41, 5.74) is 3.40. The minimum atomic E-state index is -0.0905. The van der Waals surface area contributed by atoms with Crippen molar-refractivity contribution in [3.63, 3.8) is 0 Å². The average Bonchev–Trinajstić information content (AvgIpc) is 2.61. The maximum atomic E-state index is 13.0.